The number of amides is 2. The fourth-order valence-corrected chi connectivity index (χ4v) is 4.22. The smallest absolute Gasteiger partial charge is 0.465 e. The van der Waals surface area contributed by atoms with E-state index in [0.29, 0.717) is 29.2 Å². The Bertz CT molecular complexity index is 1280. The molecule has 33 heavy (non-hydrogen) atoms. The molecule has 0 aliphatic carbocycles. The number of anilines is 2. The average Bonchev–Trinajstić information content (AvgIpc) is 3.10. The molecule has 166 valence electrons. The van der Waals surface area contributed by atoms with Gasteiger partial charge < -0.3 is 10.4 Å². The van der Waals surface area contributed by atoms with Crippen molar-refractivity contribution in [2.75, 3.05) is 10.6 Å². The molecule has 0 aliphatic heterocycles. The Hall–Kier alpha value is -4.14. The van der Waals surface area contributed by atoms with E-state index in [4.69, 9.17) is 5.11 Å². The van der Waals surface area contributed by atoms with Crippen molar-refractivity contribution in [3.8, 4) is 23.3 Å². The van der Waals surface area contributed by atoms with Crippen LogP contribution in [0.5, 0.6) is 0 Å². The number of carbonyl (C=O) groups excluding carboxylic acids is 1. The molecule has 8 heteroatoms. The molecule has 2 aromatic carbocycles. The third-order valence-electron chi connectivity index (χ3n) is 4.84. The van der Waals surface area contributed by atoms with E-state index in [1.165, 1.54) is 11.3 Å². The summed E-state index contributed by atoms with van der Waals surface area (Å²) in [5, 5.41) is 24.4. The number of carboxylic acid groups (broad SMARTS) is 1. The van der Waals surface area contributed by atoms with Crippen molar-refractivity contribution in [3.63, 3.8) is 0 Å². The summed E-state index contributed by atoms with van der Waals surface area (Å²) in [6, 6.07) is 20.5. The summed E-state index contributed by atoms with van der Waals surface area (Å²) in [6.45, 7) is 4.13. The molecular formula is C25H23N4O3S+. The van der Waals surface area contributed by atoms with E-state index >= 15 is 0 Å². The van der Waals surface area contributed by atoms with Gasteiger partial charge in [-0.25, -0.2) is 9.59 Å². The first-order chi connectivity index (χ1) is 15.9. The normalized spacial score (nSPS) is 9.97. The number of nitrogens with one attached hydrogen (secondary N) is 2. The molecule has 0 unspecified atom stereocenters. The number of hydrogen-bond donors (Lipinski definition) is 3. The van der Waals surface area contributed by atoms with Crippen LogP contribution in [-0.2, 0) is 11.3 Å². The van der Waals surface area contributed by atoms with E-state index in [2.05, 4.69) is 27.6 Å². The molecule has 0 radical (unpaired) electrons. The van der Waals surface area contributed by atoms with E-state index in [-0.39, 0.29) is 5.91 Å². The number of thiophene rings is 1. The third-order valence-corrected chi connectivity index (χ3v) is 5.86. The molecule has 3 rings (SSSR count). The molecule has 0 saturated heterocycles. The number of benzene rings is 2. The monoisotopic (exact) mass is 459 g/mol. The van der Waals surface area contributed by atoms with E-state index in [9.17, 15) is 14.9 Å². The molecule has 0 fully saturated rings. The lowest BCUT2D eigenvalue weighted by Gasteiger charge is -2.09. The minimum Gasteiger partial charge on any atom is -0.465 e. The van der Waals surface area contributed by atoms with Crippen LogP contribution < -0.4 is 10.6 Å². The lowest BCUT2D eigenvalue weighted by atomic mass is 9.99. The van der Waals surface area contributed by atoms with Gasteiger partial charge in [-0.1, -0.05) is 49.4 Å². The first-order valence-electron chi connectivity index (χ1n) is 10.4. The van der Waals surface area contributed by atoms with Gasteiger partial charge in [-0.05, 0) is 30.5 Å². The maximum absolute atomic E-state index is 11.7. The van der Waals surface area contributed by atoms with Crippen molar-refractivity contribution in [1.29, 1.82) is 5.26 Å². The second kappa shape index (κ2) is 10.9. The highest BCUT2D eigenvalue weighted by Crippen LogP contribution is 2.37. The van der Waals surface area contributed by atoms with Gasteiger partial charge in [0.1, 0.15) is 16.6 Å². The van der Waals surface area contributed by atoms with Crippen molar-refractivity contribution in [2.45, 2.75) is 33.2 Å². The average molecular weight is 460 g/mol. The molecule has 7 nitrogen and oxygen atoms in total. The lowest BCUT2D eigenvalue weighted by Crippen LogP contribution is -2.09. The molecule has 0 aliphatic rings. The molecule has 3 aromatic rings. The van der Waals surface area contributed by atoms with Crippen LogP contribution in [0.2, 0.25) is 0 Å². The summed E-state index contributed by atoms with van der Waals surface area (Å²) in [5.74, 6) is -0.189. The zero-order valence-electron chi connectivity index (χ0n) is 18.3. The molecular weight excluding hydrogens is 436 g/mol. The van der Waals surface area contributed by atoms with Crippen LogP contribution in [0.1, 0.15) is 41.3 Å². The highest BCUT2D eigenvalue weighted by Gasteiger charge is 2.17. The van der Waals surface area contributed by atoms with Crippen LogP contribution in [-0.4, -0.2) is 17.1 Å². The zero-order chi connectivity index (χ0) is 23.8. The highest BCUT2D eigenvalue weighted by atomic mass is 32.1. The minimum absolute atomic E-state index is 0.189. The van der Waals surface area contributed by atoms with E-state index < -0.39 is 6.09 Å². The molecule has 0 bridgehead atoms. The van der Waals surface area contributed by atoms with E-state index in [1.807, 2.05) is 55.5 Å². The Balaban J connectivity index is 1.79. The van der Waals surface area contributed by atoms with Gasteiger partial charge in [-0.15, -0.1) is 11.3 Å². The molecule has 1 heterocycles. The maximum Gasteiger partial charge on any atom is 0.515 e. The Labute approximate surface area is 196 Å². The summed E-state index contributed by atoms with van der Waals surface area (Å²) in [4.78, 5) is 27.5. The van der Waals surface area contributed by atoms with Gasteiger partial charge in [0.05, 0.1) is 17.7 Å². The van der Waals surface area contributed by atoms with Crippen molar-refractivity contribution < 1.29 is 14.7 Å². The van der Waals surface area contributed by atoms with Crippen molar-refractivity contribution in [1.82, 2.24) is 0 Å². The van der Waals surface area contributed by atoms with Gasteiger partial charge >= 0.3 is 18.1 Å². The summed E-state index contributed by atoms with van der Waals surface area (Å²) < 4.78 is 0. The summed E-state index contributed by atoms with van der Waals surface area (Å²) in [7, 11) is 0. The van der Waals surface area contributed by atoms with Crippen LogP contribution in [0.15, 0.2) is 48.5 Å². The first-order valence-corrected chi connectivity index (χ1v) is 11.2. The quantitative estimate of drug-likeness (QED) is 0.384. The van der Waals surface area contributed by atoms with Crippen LogP contribution >= 0.6 is 11.3 Å². The lowest BCUT2D eigenvalue weighted by molar-refractivity contribution is -0.114. The van der Waals surface area contributed by atoms with Crippen LogP contribution in [0.4, 0.5) is 15.5 Å². The summed E-state index contributed by atoms with van der Waals surface area (Å²) >= 11 is 1.22. The molecule has 3 N–H and O–H groups in total. The second-order valence-electron chi connectivity index (χ2n) is 7.24. The topological polar surface area (TPSA) is 107 Å². The standard InChI is InChI=1S/C25H22N4O3S/c1-3-6-22(30)27-15-19-7-4-5-8-20(19)18-11-9-17(10-12-18)14-28-23-21(13-26)16(2)33-24(23)29-25(31)32/h4-5,7-12,28-29H,3,6,14H2,1-2H3/p+1. The Morgan fingerprint density at radius 2 is 1.88 bits per heavy atom. The van der Waals surface area contributed by atoms with Crippen molar-refractivity contribution in [3.05, 3.63) is 74.9 Å². The van der Waals surface area contributed by atoms with Gasteiger partial charge in [-0.3, -0.25) is 5.32 Å². The summed E-state index contributed by atoms with van der Waals surface area (Å²) in [5.41, 5.74) is 4.49. The molecule has 0 atom stereocenters. The van der Waals surface area contributed by atoms with E-state index in [1.54, 1.807) is 6.92 Å². The van der Waals surface area contributed by atoms with E-state index in [0.717, 1.165) is 33.6 Å². The Morgan fingerprint density at radius 3 is 2.55 bits per heavy atom. The van der Waals surface area contributed by atoms with Gasteiger partial charge in [0.25, 0.3) is 0 Å². The molecule has 1 aromatic heterocycles. The van der Waals surface area contributed by atoms with Gasteiger partial charge in [0.15, 0.2) is 0 Å². The SMILES string of the molecule is CCCC(=O)[N+]#Cc1ccccc1-c1ccc(CNc2c(NC(=O)O)sc(C)c2C#N)cc1. The largest absolute Gasteiger partial charge is 0.515 e. The van der Waals surface area contributed by atoms with Gasteiger partial charge in [-0.2, -0.15) is 5.26 Å². The molecule has 0 saturated carbocycles. The fraction of sp³-hybridized carbons (Fsp3) is 0.200. The number of rotatable bonds is 7. The number of aryl methyl sites for hydroxylation is 1. The maximum atomic E-state index is 11.7. The number of carbonyl (C=O) groups is 2. The van der Waals surface area contributed by atoms with Crippen LogP contribution in [0.3, 0.4) is 0 Å². The van der Waals surface area contributed by atoms with Crippen LogP contribution in [0, 0.1) is 24.3 Å². The first kappa shape index (κ1) is 23.5. The third kappa shape index (κ3) is 5.97. The van der Waals surface area contributed by atoms with Crippen molar-refractivity contribution >= 4 is 34.0 Å². The molecule has 0 spiro atoms. The fourth-order valence-electron chi connectivity index (χ4n) is 3.25. The highest BCUT2D eigenvalue weighted by molar-refractivity contribution is 7.17. The number of nitrogens with zero attached hydrogens (tertiary/aromatic N) is 2. The van der Waals surface area contributed by atoms with Crippen LogP contribution in [0.25, 0.3) is 16.0 Å². The second-order valence-corrected chi connectivity index (χ2v) is 8.47. The van der Waals surface area contributed by atoms with Crippen molar-refractivity contribution in [2.24, 2.45) is 0 Å². The Kier molecular flexibility index (Phi) is 7.80. The predicted molar refractivity (Wildman–Crippen MR) is 131 cm³/mol. The molecule has 2 amide bonds. The Morgan fingerprint density at radius 1 is 1.15 bits per heavy atom. The zero-order valence-corrected chi connectivity index (χ0v) is 19.1. The van der Waals surface area contributed by atoms with Gasteiger partial charge in [0, 0.05) is 21.8 Å². The number of hydrogen-bond acceptors (Lipinski definition) is 5. The minimum atomic E-state index is -1.18. The predicted octanol–water partition coefficient (Wildman–Crippen LogP) is 6.30. The van der Waals surface area contributed by atoms with Gasteiger partial charge in [0.2, 0.25) is 0 Å². The summed E-state index contributed by atoms with van der Waals surface area (Å²) in [6.07, 6.45) is -0.0309. The number of nitriles is 1.